The molecule has 0 amide bonds. The van der Waals surface area contributed by atoms with Crippen LogP contribution in [-0.2, 0) is 14.3 Å². The highest BCUT2D eigenvalue weighted by molar-refractivity contribution is 5.92. The summed E-state index contributed by atoms with van der Waals surface area (Å²) in [6, 6.07) is 7.55. The van der Waals surface area contributed by atoms with Gasteiger partial charge in [0, 0.05) is 12.1 Å². The second-order valence-corrected chi connectivity index (χ2v) is 4.74. The predicted molar refractivity (Wildman–Crippen MR) is 78.5 cm³/mol. The average molecular weight is 315 g/mol. The summed E-state index contributed by atoms with van der Waals surface area (Å²) in [7, 11) is 1.20. The number of carbonyl (C=O) groups is 1. The number of nitrogens with zero attached hydrogens (tertiary/aromatic N) is 2. The van der Waals surface area contributed by atoms with Crippen LogP contribution in [0.3, 0.4) is 0 Å². The van der Waals surface area contributed by atoms with Crippen LogP contribution in [0, 0.1) is 21.4 Å². The van der Waals surface area contributed by atoms with E-state index in [1.807, 2.05) is 6.07 Å². The molecule has 2 N–H and O–H groups in total. The van der Waals surface area contributed by atoms with E-state index in [1.165, 1.54) is 32.2 Å². The molecule has 118 valence electrons. The van der Waals surface area contributed by atoms with E-state index in [0.717, 1.165) is 0 Å². The zero-order chi connectivity index (χ0) is 17.1. The highest BCUT2D eigenvalue weighted by Gasteiger charge is 2.36. The van der Waals surface area contributed by atoms with Gasteiger partial charge in [0.25, 0.3) is 5.69 Å². The van der Waals surface area contributed by atoms with Crippen molar-refractivity contribution in [2.24, 2.45) is 5.73 Å². The molecule has 0 saturated heterocycles. The Hall–Kier alpha value is -3.34. The Kier molecular flexibility index (Phi) is 4.32. The van der Waals surface area contributed by atoms with Gasteiger partial charge in [-0.25, -0.2) is 4.79 Å². The summed E-state index contributed by atoms with van der Waals surface area (Å²) >= 11 is 0. The second-order valence-electron chi connectivity index (χ2n) is 4.74. The van der Waals surface area contributed by atoms with Crippen molar-refractivity contribution >= 4 is 11.7 Å². The molecule has 0 unspecified atom stereocenters. The van der Waals surface area contributed by atoms with Crippen LogP contribution < -0.4 is 5.73 Å². The number of nitro groups is 1. The molecule has 0 fully saturated rings. The maximum atomic E-state index is 12.1. The first-order chi connectivity index (χ1) is 10.9. The summed E-state index contributed by atoms with van der Waals surface area (Å²) in [5, 5.41) is 20.3. The van der Waals surface area contributed by atoms with E-state index in [9.17, 15) is 20.2 Å². The normalized spacial score (nSPS) is 17.3. The fraction of sp³-hybridized carbons (Fsp3) is 0.200. The standard InChI is InChI=1S/C15H13N3O5/c1-8-12(15(19)22-2)13(11(7-16)14(17)23-8)9-4-3-5-10(6-9)18(20)21/h3-6,13H,17H2,1-2H3/t13-/m1/s1. The van der Waals surface area contributed by atoms with Crippen LogP contribution in [0.15, 0.2) is 47.1 Å². The quantitative estimate of drug-likeness (QED) is 0.512. The van der Waals surface area contributed by atoms with E-state index in [-0.39, 0.29) is 28.5 Å². The number of allylic oxidation sites excluding steroid dienone is 2. The fourth-order valence-electron chi connectivity index (χ4n) is 2.41. The maximum Gasteiger partial charge on any atom is 0.338 e. The van der Waals surface area contributed by atoms with Crippen molar-refractivity contribution in [3.63, 3.8) is 0 Å². The molecular formula is C15H13N3O5. The number of methoxy groups -OCH3 is 1. The monoisotopic (exact) mass is 315 g/mol. The number of rotatable bonds is 3. The molecule has 2 rings (SSSR count). The van der Waals surface area contributed by atoms with Gasteiger partial charge in [-0.3, -0.25) is 10.1 Å². The average Bonchev–Trinajstić information content (AvgIpc) is 2.53. The molecule has 23 heavy (non-hydrogen) atoms. The maximum absolute atomic E-state index is 12.1. The van der Waals surface area contributed by atoms with Gasteiger partial charge in [0.1, 0.15) is 17.4 Å². The Morgan fingerprint density at radius 3 is 2.78 bits per heavy atom. The number of hydrogen-bond acceptors (Lipinski definition) is 7. The molecule has 1 aliphatic rings. The molecule has 8 heteroatoms. The fourth-order valence-corrected chi connectivity index (χ4v) is 2.41. The Balaban J connectivity index is 2.68. The second kappa shape index (κ2) is 6.19. The molecule has 1 heterocycles. The lowest BCUT2D eigenvalue weighted by atomic mass is 9.83. The van der Waals surface area contributed by atoms with Gasteiger partial charge >= 0.3 is 5.97 Å². The largest absolute Gasteiger partial charge is 0.466 e. The molecule has 0 spiro atoms. The third-order valence-corrected chi connectivity index (χ3v) is 3.43. The number of nitrogens with two attached hydrogens (primary N) is 1. The molecule has 1 aliphatic heterocycles. The SMILES string of the molecule is COC(=O)C1=C(C)OC(N)=C(C#N)[C@H]1c1cccc([N+](=O)[O-])c1. The summed E-state index contributed by atoms with van der Waals surface area (Å²) in [5.74, 6) is -1.54. The molecule has 1 aromatic carbocycles. The zero-order valence-electron chi connectivity index (χ0n) is 12.4. The first kappa shape index (κ1) is 16.0. The van der Waals surface area contributed by atoms with Crippen molar-refractivity contribution in [1.82, 2.24) is 0 Å². The number of esters is 1. The lowest BCUT2D eigenvalue weighted by Gasteiger charge is -2.26. The third-order valence-electron chi connectivity index (χ3n) is 3.43. The number of non-ortho nitro benzene ring substituents is 1. The van der Waals surface area contributed by atoms with Crippen LogP contribution in [0.25, 0.3) is 0 Å². The van der Waals surface area contributed by atoms with E-state index in [1.54, 1.807) is 6.07 Å². The van der Waals surface area contributed by atoms with Crippen LogP contribution in [0.5, 0.6) is 0 Å². The molecule has 0 bridgehead atoms. The van der Waals surface area contributed by atoms with Gasteiger partial charge in [0.15, 0.2) is 0 Å². The Bertz CT molecular complexity index is 789. The number of nitriles is 1. The summed E-state index contributed by atoms with van der Waals surface area (Å²) < 4.78 is 9.97. The minimum atomic E-state index is -0.888. The Morgan fingerprint density at radius 2 is 2.22 bits per heavy atom. The van der Waals surface area contributed by atoms with Crippen LogP contribution >= 0.6 is 0 Å². The van der Waals surface area contributed by atoms with Gasteiger partial charge in [-0.05, 0) is 12.5 Å². The summed E-state index contributed by atoms with van der Waals surface area (Å²) in [4.78, 5) is 22.5. The zero-order valence-corrected chi connectivity index (χ0v) is 12.4. The van der Waals surface area contributed by atoms with E-state index >= 15 is 0 Å². The Labute approximate surface area is 131 Å². The smallest absolute Gasteiger partial charge is 0.338 e. The highest BCUT2D eigenvalue weighted by Crippen LogP contribution is 2.40. The van der Waals surface area contributed by atoms with Crippen molar-refractivity contribution in [2.75, 3.05) is 7.11 Å². The lowest BCUT2D eigenvalue weighted by molar-refractivity contribution is -0.384. The molecule has 8 nitrogen and oxygen atoms in total. The minimum absolute atomic E-state index is 0.00324. The molecule has 0 saturated carbocycles. The third kappa shape index (κ3) is 2.85. The van der Waals surface area contributed by atoms with Crippen molar-refractivity contribution < 1.29 is 19.2 Å². The van der Waals surface area contributed by atoms with Gasteiger partial charge < -0.3 is 15.2 Å². The number of hydrogen-bond donors (Lipinski definition) is 1. The van der Waals surface area contributed by atoms with Crippen LogP contribution in [-0.4, -0.2) is 18.0 Å². The molecule has 0 aliphatic carbocycles. The van der Waals surface area contributed by atoms with E-state index in [0.29, 0.717) is 5.56 Å². The molecule has 0 aromatic heterocycles. The summed E-state index contributed by atoms with van der Waals surface area (Å²) in [5.41, 5.74) is 6.02. The van der Waals surface area contributed by atoms with Crippen molar-refractivity contribution in [2.45, 2.75) is 12.8 Å². The first-order valence-corrected chi connectivity index (χ1v) is 6.51. The predicted octanol–water partition coefficient (Wildman–Crippen LogP) is 1.85. The molecule has 1 aromatic rings. The first-order valence-electron chi connectivity index (χ1n) is 6.51. The van der Waals surface area contributed by atoms with Gasteiger partial charge in [-0.1, -0.05) is 12.1 Å². The number of ether oxygens (including phenoxy) is 2. The topological polar surface area (TPSA) is 128 Å². The molecular weight excluding hydrogens is 302 g/mol. The van der Waals surface area contributed by atoms with E-state index in [2.05, 4.69) is 0 Å². The van der Waals surface area contributed by atoms with Crippen molar-refractivity contribution in [3.8, 4) is 6.07 Å². The number of carbonyl (C=O) groups excluding carboxylic acids is 1. The summed E-state index contributed by atoms with van der Waals surface area (Å²) in [6.07, 6.45) is 0. The summed E-state index contributed by atoms with van der Waals surface area (Å²) in [6.45, 7) is 1.51. The van der Waals surface area contributed by atoms with Gasteiger partial charge in [0.05, 0.1) is 23.5 Å². The van der Waals surface area contributed by atoms with Crippen molar-refractivity contribution in [3.05, 3.63) is 62.7 Å². The number of nitro benzene ring substituents is 1. The van der Waals surface area contributed by atoms with E-state index < -0.39 is 16.8 Å². The van der Waals surface area contributed by atoms with Crippen molar-refractivity contribution in [1.29, 1.82) is 5.26 Å². The minimum Gasteiger partial charge on any atom is -0.466 e. The van der Waals surface area contributed by atoms with Crippen LogP contribution in [0.2, 0.25) is 0 Å². The molecule has 0 radical (unpaired) electrons. The van der Waals surface area contributed by atoms with Gasteiger partial charge in [0.2, 0.25) is 5.88 Å². The van der Waals surface area contributed by atoms with Gasteiger partial charge in [-0.2, -0.15) is 5.26 Å². The Morgan fingerprint density at radius 1 is 1.52 bits per heavy atom. The lowest BCUT2D eigenvalue weighted by Crippen LogP contribution is -2.25. The number of benzene rings is 1. The van der Waals surface area contributed by atoms with Gasteiger partial charge in [-0.15, -0.1) is 0 Å². The molecule has 1 atom stereocenters. The highest BCUT2D eigenvalue weighted by atomic mass is 16.6. The van der Waals surface area contributed by atoms with Crippen LogP contribution in [0.1, 0.15) is 18.4 Å². The van der Waals surface area contributed by atoms with Crippen LogP contribution in [0.4, 0.5) is 5.69 Å². The van der Waals surface area contributed by atoms with E-state index in [4.69, 9.17) is 15.2 Å².